The van der Waals surface area contributed by atoms with Crippen LogP contribution in [0.4, 0.5) is 0 Å². The van der Waals surface area contributed by atoms with Crippen molar-refractivity contribution in [1.29, 1.82) is 0 Å². The Labute approximate surface area is 135 Å². The first kappa shape index (κ1) is 18.5. The molecule has 1 atom stereocenters. The average Bonchev–Trinajstić information content (AvgIpc) is 2.54. The number of carbonyl (C=O) groups excluding carboxylic acids is 2. The zero-order valence-electron chi connectivity index (χ0n) is 13.5. The maximum atomic E-state index is 12.1. The number of benzene rings is 1. The number of rotatable bonds is 8. The standard InChI is InChI=1S/C16H22N2O5/c1-4-18(5-2)15(20)12-6-8-13(9-7-12)23-10-14(19)17-11(3)16(21)22/h6-9,11H,4-5,10H2,1-3H3,(H,17,19)(H,21,22). The molecule has 0 spiro atoms. The normalized spacial score (nSPS) is 11.4. The van der Waals surface area contributed by atoms with Crippen LogP contribution in [0.1, 0.15) is 31.1 Å². The Balaban J connectivity index is 2.56. The molecule has 0 saturated heterocycles. The van der Waals surface area contributed by atoms with Crippen molar-refractivity contribution < 1.29 is 24.2 Å². The lowest BCUT2D eigenvalue weighted by atomic mass is 10.2. The van der Waals surface area contributed by atoms with Crippen molar-refractivity contribution in [2.75, 3.05) is 19.7 Å². The van der Waals surface area contributed by atoms with E-state index in [4.69, 9.17) is 9.84 Å². The second kappa shape index (κ2) is 8.77. The fraction of sp³-hybridized carbons (Fsp3) is 0.438. The minimum absolute atomic E-state index is 0.0606. The van der Waals surface area contributed by atoms with Gasteiger partial charge in [0.15, 0.2) is 6.61 Å². The van der Waals surface area contributed by atoms with Crippen LogP contribution in [0, 0.1) is 0 Å². The van der Waals surface area contributed by atoms with Crippen LogP contribution in [0.2, 0.25) is 0 Å². The van der Waals surface area contributed by atoms with Crippen molar-refractivity contribution in [2.24, 2.45) is 0 Å². The second-order valence-electron chi connectivity index (χ2n) is 4.92. The maximum Gasteiger partial charge on any atom is 0.325 e. The molecule has 7 nitrogen and oxygen atoms in total. The molecule has 0 fully saturated rings. The number of carbonyl (C=O) groups is 3. The number of carboxylic acid groups (broad SMARTS) is 1. The Bertz CT molecular complexity index is 552. The molecule has 0 aliphatic carbocycles. The topological polar surface area (TPSA) is 95.9 Å². The molecule has 0 heterocycles. The predicted molar refractivity (Wildman–Crippen MR) is 84.4 cm³/mol. The number of aliphatic carboxylic acids is 1. The number of nitrogens with zero attached hydrogens (tertiary/aromatic N) is 1. The second-order valence-corrected chi connectivity index (χ2v) is 4.92. The lowest BCUT2D eigenvalue weighted by Gasteiger charge is -2.18. The van der Waals surface area contributed by atoms with Crippen molar-refractivity contribution in [3.63, 3.8) is 0 Å². The van der Waals surface area contributed by atoms with Gasteiger partial charge < -0.3 is 20.1 Å². The van der Waals surface area contributed by atoms with Gasteiger partial charge in [0.05, 0.1) is 0 Å². The fourth-order valence-electron chi connectivity index (χ4n) is 1.88. The van der Waals surface area contributed by atoms with E-state index in [0.717, 1.165) is 0 Å². The van der Waals surface area contributed by atoms with Gasteiger partial charge in [0, 0.05) is 18.7 Å². The highest BCUT2D eigenvalue weighted by Crippen LogP contribution is 2.13. The molecule has 0 aliphatic rings. The minimum Gasteiger partial charge on any atom is -0.484 e. The number of amides is 2. The molecular weight excluding hydrogens is 300 g/mol. The average molecular weight is 322 g/mol. The highest BCUT2D eigenvalue weighted by molar-refractivity contribution is 5.94. The molecule has 0 bridgehead atoms. The minimum atomic E-state index is -1.11. The smallest absolute Gasteiger partial charge is 0.325 e. The molecule has 126 valence electrons. The molecule has 7 heteroatoms. The van der Waals surface area contributed by atoms with Gasteiger partial charge in [-0.25, -0.2) is 0 Å². The van der Waals surface area contributed by atoms with Crippen molar-refractivity contribution in [1.82, 2.24) is 10.2 Å². The van der Waals surface area contributed by atoms with Crippen molar-refractivity contribution in [2.45, 2.75) is 26.8 Å². The van der Waals surface area contributed by atoms with Gasteiger partial charge in [0.2, 0.25) is 0 Å². The first-order chi connectivity index (χ1) is 10.9. The van der Waals surface area contributed by atoms with Crippen molar-refractivity contribution in [3.05, 3.63) is 29.8 Å². The van der Waals surface area contributed by atoms with E-state index in [1.54, 1.807) is 29.2 Å². The number of hydrogen-bond donors (Lipinski definition) is 2. The molecule has 1 aromatic carbocycles. The SMILES string of the molecule is CCN(CC)C(=O)c1ccc(OCC(=O)NC(C)C(=O)O)cc1. The van der Waals surface area contributed by atoms with E-state index in [-0.39, 0.29) is 12.5 Å². The van der Waals surface area contributed by atoms with E-state index in [0.29, 0.717) is 24.4 Å². The van der Waals surface area contributed by atoms with Crippen LogP contribution >= 0.6 is 0 Å². The summed E-state index contributed by atoms with van der Waals surface area (Å²) in [6, 6.07) is 5.50. The molecule has 1 rings (SSSR count). The maximum absolute atomic E-state index is 12.1. The number of nitrogens with one attached hydrogen (secondary N) is 1. The summed E-state index contributed by atoms with van der Waals surface area (Å²) < 4.78 is 5.27. The summed E-state index contributed by atoms with van der Waals surface area (Å²) in [6.45, 7) is 6.17. The quantitative estimate of drug-likeness (QED) is 0.748. The number of carboxylic acids is 1. The van der Waals surface area contributed by atoms with Crippen LogP contribution in [0.3, 0.4) is 0 Å². The van der Waals surface area contributed by atoms with Crippen LogP contribution in [0.25, 0.3) is 0 Å². The molecule has 1 aromatic rings. The zero-order valence-corrected chi connectivity index (χ0v) is 13.5. The van der Waals surface area contributed by atoms with Crippen molar-refractivity contribution >= 4 is 17.8 Å². The van der Waals surface area contributed by atoms with Gasteiger partial charge >= 0.3 is 5.97 Å². The summed E-state index contributed by atoms with van der Waals surface area (Å²) in [6.07, 6.45) is 0. The monoisotopic (exact) mass is 322 g/mol. The lowest BCUT2D eigenvalue weighted by Crippen LogP contribution is -2.40. The third kappa shape index (κ3) is 5.61. The van der Waals surface area contributed by atoms with Crippen LogP contribution in [-0.4, -0.2) is 53.5 Å². The Morgan fingerprint density at radius 1 is 1.17 bits per heavy atom. The molecular formula is C16H22N2O5. The summed E-state index contributed by atoms with van der Waals surface area (Å²) in [4.78, 5) is 36.0. The van der Waals surface area contributed by atoms with Gasteiger partial charge in [0.25, 0.3) is 11.8 Å². The van der Waals surface area contributed by atoms with E-state index in [2.05, 4.69) is 5.32 Å². The van der Waals surface area contributed by atoms with Gasteiger partial charge in [0.1, 0.15) is 11.8 Å². The molecule has 0 saturated carbocycles. The predicted octanol–water partition coefficient (Wildman–Crippen LogP) is 1.14. The molecule has 2 amide bonds. The first-order valence-corrected chi connectivity index (χ1v) is 7.43. The van der Waals surface area contributed by atoms with E-state index in [1.807, 2.05) is 13.8 Å². The zero-order chi connectivity index (χ0) is 17.4. The van der Waals surface area contributed by atoms with Gasteiger partial charge in [-0.1, -0.05) is 0 Å². The van der Waals surface area contributed by atoms with E-state index in [9.17, 15) is 14.4 Å². The van der Waals surface area contributed by atoms with Crippen LogP contribution < -0.4 is 10.1 Å². The lowest BCUT2D eigenvalue weighted by molar-refractivity contribution is -0.141. The van der Waals surface area contributed by atoms with E-state index < -0.39 is 17.9 Å². The highest BCUT2D eigenvalue weighted by Gasteiger charge is 2.15. The largest absolute Gasteiger partial charge is 0.484 e. The summed E-state index contributed by atoms with van der Waals surface area (Å²) >= 11 is 0. The molecule has 2 N–H and O–H groups in total. The molecule has 0 aliphatic heterocycles. The van der Waals surface area contributed by atoms with Gasteiger partial charge in [-0.3, -0.25) is 14.4 Å². The number of hydrogen-bond acceptors (Lipinski definition) is 4. The summed E-state index contributed by atoms with van der Waals surface area (Å²) in [5.74, 6) is -1.27. The van der Waals surface area contributed by atoms with Crippen molar-refractivity contribution in [3.8, 4) is 5.75 Å². The number of ether oxygens (including phenoxy) is 1. The Hall–Kier alpha value is -2.57. The molecule has 1 unspecified atom stereocenters. The summed E-state index contributed by atoms with van der Waals surface area (Å²) in [7, 11) is 0. The molecule has 0 radical (unpaired) electrons. The van der Waals surface area contributed by atoms with E-state index in [1.165, 1.54) is 6.92 Å². The van der Waals surface area contributed by atoms with Crippen LogP contribution in [-0.2, 0) is 9.59 Å². The van der Waals surface area contributed by atoms with Crippen LogP contribution in [0.5, 0.6) is 5.75 Å². The Kier molecular flexibility index (Phi) is 7.05. The van der Waals surface area contributed by atoms with Gasteiger partial charge in [-0.2, -0.15) is 0 Å². The fourth-order valence-corrected chi connectivity index (χ4v) is 1.88. The Morgan fingerprint density at radius 3 is 2.22 bits per heavy atom. The summed E-state index contributed by atoms with van der Waals surface area (Å²) in [5.41, 5.74) is 0.546. The Morgan fingerprint density at radius 2 is 1.74 bits per heavy atom. The summed E-state index contributed by atoms with van der Waals surface area (Å²) in [5, 5.41) is 11.0. The molecule has 23 heavy (non-hydrogen) atoms. The van der Waals surface area contributed by atoms with E-state index >= 15 is 0 Å². The third-order valence-corrected chi connectivity index (χ3v) is 3.27. The first-order valence-electron chi connectivity index (χ1n) is 7.43. The third-order valence-electron chi connectivity index (χ3n) is 3.27. The van der Waals surface area contributed by atoms with Gasteiger partial charge in [-0.15, -0.1) is 0 Å². The molecule has 0 aromatic heterocycles. The van der Waals surface area contributed by atoms with Gasteiger partial charge in [-0.05, 0) is 45.0 Å². The van der Waals surface area contributed by atoms with Crippen LogP contribution in [0.15, 0.2) is 24.3 Å². The highest BCUT2D eigenvalue weighted by atomic mass is 16.5.